The molecule has 3 aromatic rings. The molecule has 0 spiro atoms. The van der Waals surface area contributed by atoms with Gasteiger partial charge in [0.25, 0.3) is 0 Å². The van der Waals surface area contributed by atoms with E-state index in [1.807, 2.05) is 54.6 Å². The van der Waals surface area contributed by atoms with E-state index in [0.717, 1.165) is 27.8 Å². The average Bonchev–Trinajstić information content (AvgIpc) is 3.67. The molecule has 1 amide bonds. The smallest absolute Gasteiger partial charge is 0.250 e. The highest BCUT2D eigenvalue weighted by Crippen LogP contribution is 2.37. The van der Waals surface area contributed by atoms with Crippen LogP contribution in [0.2, 0.25) is 0 Å². The SMILES string of the molecule is CC(C)C[C@H](O[C@H](c1ccccc1)c1ccccc1-c1ccc(CCO)cc1)C(=O)NC1(C#N)CC1. The van der Waals surface area contributed by atoms with Gasteiger partial charge in [-0.2, -0.15) is 5.26 Å². The van der Waals surface area contributed by atoms with Crippen LogP contribution in [-0.4, -0.2) is 29.3 Å². The summed E-state index contributed by atoms with van der Waals surface area (Å²) in [7, 11) is 0. The first kappa shape index (κ1) is 25.6. The van der Waals surface area contributed by atoms with Crippen LogP contribution in [0.3, 0.4) is 0 Å². The van der Waals surface area contributed by atoms with Crippen molar-refractivity contribution < 1.29 is 14.6 Å². The number of nitriles is 1. The molecule has 186 valence electrons. The van der Waals surface area contributed by atoms with Crippen LogP contribution >= 0.6 is 0 Å². The maximum absolute atomic E-state index is 13.3. The van der Waals surface area contributed by atoms with Crippen molar-refractivity contribution in [2.24, 2.45) is 5.92 Å². The van der Waals surface area contributed by atoms with E-state index in [1.54, 1.807) is 0 Å². The first-order valence-electron chi connectivity index (χ1n) is 12.7. The molecule has 0 unspecified atom stereocenters. The summed E-state index contributed by atoms with van der Waals surface area (Å²) in [6, 6.07) is 28.5. The third-order valence-corrected chi connectivity index (χ3v) is 6.62. The van der Waals surface area contributed by atoms with Crippen molar-refractivity contribution in [2.75, 3.05) is 6.61 Å². The lowest BCUT2D eigenvalue weighted by atomic mass is 9.91. The summed E-state index contributed by atoms with van der Waals surface area (Å²) in [5.74, 6) is 0.0123. The number of hydrogen-bond donors (Lipinski definition) is 2. The normalized spacial score (nSPS) is 15.6. The van der Waals surface area contributed by atoms with Gasteiger partial charge in [-0.05, 0) is 59.4 Å². The molecule has 2 atom stereocenters. The van der Waals surface area contributed by atoms with Crippen LogP contribution in [0.5, 0.6) is 0 Å². The zero-order valence-electron chi connectivity index (χ0n) is 21.0. The van der Waals surface area contributed by atoms with Crippen molar-refractivity contribution in [3.63, 3.8) is 0 Å². The molecule has 1 aliphatic rings. The minimum Gasteiger partial charge on any atom is -0.396 e. The number of ether oxygens (including phenoxy) is 1. The number of rotatable bonds is 11. The second-order valence-electron chi connectivity index (χ2n) is 9.99. The predicted molar refractivity (Wildman–Crippen MR) is 141 cm³/mol. The Morgan fingerprint density at radius 3 is 2.31 bits per heavy atom. The molecule has 5 nitrogen and oxygen atoms in total. The maximum atomic E-state index is 13.3. The minimum absolute atomic E-state index is 0.117. The van der Waals surface area contributed by atoms with Crippen molar-refractivity contribution in [1.82, 2.24) is 5.32 Å². The van der Waals surface area contributed by atoms with Gasteiger partial charge in [-0.1, -0.05) is 92.7 Å². The molecule has 0 heterocycles. The fourth-order valence-electron chi connectivity index (χ4n) is 4.45. The van der Waals surface area contributed by atoms with Gasteiger partial charge in [0, 0.05) is 6.61 Å². The Kier molecular flexibility index (Phi) is 8.20. The van der Waals surface area contributed by atoms with Crippen LogP contribution < -0.4 is 5.32 Å². The third kappa shape index (κ3) is 6.20. The monoisotopic (exact) mass is 482 g/mol. The summed E-state index contributed by atoms with van der Waals surface area (Å²) >= 11 is 0. The number of carbonyl (C=O) groups is 1. The largest absolute Gasteiger partial charge is 0.396 e. The van der Waals surface area contributed by atoms with Gasteiger partial charge in [-0.25, -0.2) is 0 Å². The van der Waals surface area contributed by atoms with Crippen molar-refractivity contribution >= 4 is 5.91 Å². The lowest BCUT2D eigenvalue weighted by molar-refractivity contribution is -0.137. The molecular formula is C31H34N2O3. The summed E-state index contributed by atoms with van der Waals surface area (Å²) in [6.07, 6.45) is 1.37. The van der Waals surface area contributed by atoms with Gasteiger partial charge < -0.3 is 15.2 Å². The van der Waals surface area contributed by atoms with Gasteiger partial charge >= 0.3 is 0 Å². The van der Waals surface area contributed by atoms with E-state index in [1.165, 1.54) is 0 Å². The van der Waals surface area contributed by atoms with Crippen LogP contribution in [0.1, 0.15) is 55.9 Å². The summed E-state index contributed by atoms with van der Waals surface area (Å²) in [5, 5.41) is 21.7. The fourth-order valence-corrected chi connectivity index (χ4v) is 4.45. The summed E-state index contributed by atoms with van der Waals surface area (Å²) in [4.78, 5) is 13.3. The number of aliphatic hydroxyl groups excluding tert-OH is 1. The number of aliphatic hydroxyl groups is 1. The molecule has 5 heteroatoms. The van der Waals surface area contributed by atoms with Gasteiger partial charge in [0.15, 0.2) is 0 Å². The van der Waals surface area contributed by atoms with E-state index in [4.69, 9.17) is 4.74 Å². The average molecular weight is 483 g/mol. The van der Waals surface area contributed by atoms with E-state index >= 15 is 0 Å². The van der Waals surface area contributed by atoms with E-state index in [0.29, 0.717) is 25.7 Å². The number of amides is 1. The molecule has 0 saturated heterocycles. The first-order chi connectivity index (χ1) is 17.4. The van der Waals surface area contributed by atoms with Gasteiger partial charge in [0.1, 0.15) is 17.7 Å². The second-order valence-corrected chi connectivity index (χ2v) is 9.99. The second kappa shape index (κ2) is 11.5. The minimum atomic E-state index is -0.744. The summed E-state index contributed by atoms with van der Waals surface area (Å²) in [5.41, 5.74) is 4.34. The highest BCUT2D eigenvalue weighted by atomic mass is 16.5. The van der Waals surface area contributed by atoms with E-state index in [2.05, 4.69) is 49.5 Å². The molecule has 36 heavy (non-hydrogen) atoms. The molecule has 1 aliphatic carbocycles. The van der Waals surface area contributed by atoms with Crippen molar-refractivity contribution in [3.05, 3.63) is 95.6 Å². The van der Waals surface area contributed by atoms with Gasteiger partial charge in [0.2, 0.25) is 5.91 Å². The Hall–Kier alpha value is -3.46. The number of hydrogen-bond acceptors (Lipinski definition) is 4. The number of nitrogens with zero attached hydrogens (tertiary/aromatic N) is 1. The molecule has 0 aromatic heterocycles. The molecule has 3 aromatic carbocycles. The fraction of sp³-hybridized carbons (Fsp3) is 0.355. The van der Waals surface area contributed by atoms with E-state index < -0.39 is 17.7 Å². The van der Waals surface area contributed by atoms with Crippen molar-refractivity contribution in [3.8, 4) is 17.2 Å². The molecular weight excluding hydrogens is 448 g/mol. The standard InChI is InChI=1S/C31H34N2O3/c1-22(2)20-28(30(35)33-31(21-32)17-18-31)36-29(25-8-4-3-5-9-25)27-11-7-6-10-26(27)24-14-12-23(13-15-24)16-19-34/h3-15,22,28-29,34H,16-20H2,1-2H3,(H,33,35)/t28-,29+/m0/s1. The predicted octanol–water partition coefficient (Wildman–Crippen LogP) is 5.58. The van der Waals surface area contributed by atoms with Gasteiger partial charge in [-0.3, -0.25) is 4.79 Å². The highest BCUT2D eigenvalue weighted by Gasteiger charge is 2.46. The Labute approximate surface area is 213 Å². The number of benzene rings is 3. The van der Waals surface area contributed by atoms with Crippen LogP contribution in [0, 0.1) is 17.2 Å². The zero-order chi connectivity index (χ0) is 25.5. The van der Waals surface area contributed by atoms with E-state index in [-0.39, 0.29) is 18.4 Å². The van der Waals surface area contributed by atoms with Gasteiger partial charge in [-0.15, -0.1) is 0 Å². The first-order valence-corrected chi connectivity index (χ1v) is 12.7. The van der Waals surface area contributed by atoms with Crippen LogP contribution in [-0.2, 0) is 16.0 Å². The summed E-state index contributed by atoms with van der Waals surface area (Å²) in [6.45, 7) is 4.26. The van der Waals surface area contributed by atoms with E-state index in [9.17, 15) is 15.2 Å². The van der Waals surface area contributed by atoms with Gasteiger partial charge in [0.05, 0.1) is 6.07 Å². The Bertz CT molecular complexity index is 1190. The number of nitrogens with one attached hydrogen (secondary N) is 1. The Morgan fingerprint density at radius 1 is 1.03 bits per heavy atom. The molecule has 0 bridgehead atoms. The Morgan fingerprint density at radius 2 is 1.69 bits per heavy atom. The molecule has 1 saturated carbocycles. The van der Waals surface area contributed by atoms with Crippen LogP contribution in [0.4, 0.5) is 0 Å². The van der Waals surface area contributed by atoms with Crippen molar-refractivity contribution in [2.45, 2.75) is 57.3 Å². The molecule has 0 aliphatic heterocycles. The summed E-state index contributed by atoms with van der Waals surface area (Å²) < 4.78 is 6.68. The number of carbonyl (C=O) groups excluding carboxylic acids is 1. The lowest BCUT2D eigenvalue weighted by Gasteiger charge is -2.28. The van der Waals surface area contributed by atoms with Crippen LogP contribution in [0.25, 0.3) is 11.1 Å². The van der Waals surface area contributed by atoms with Crippen molar-refractivity contribution in [1.29, 1.82) is 5.26 Å². The zero-order valence-corrected chi connectivity index (χ0v) is 21.0. The quantitative estimate of drug-likeness (QED) is 0.374. The molecule has 0 radical (unpaired) electrons. The maximum Gasteiger partial charge on any atom is 0.250 e. The molecule has 4 rings (SSSR count). The lowest BCUT2D eigenvalue weighted by Crippen LogP contribution is -2.44. The molecule has 2 N–H and O–H groups in total. The third-order valence-electron chi connectivity index (χ3n) is 6.62. The molecule has 1 fully saturated rings. The Balaban J connectivity index is 1.71. The highest BCUT2D eigenvalue weighted by molar-refractivity contribution is 5.82. The topological polar surface area (TPSA) is 82.3 Å². The van der Waals surface area contributed by atoms with Crippen LogP contribution in [0.15, 0.2) is 78.9 Å².